The first-order valence-corrected chi connectivity index (χ1v) is 7.51. The first kappa shape index (κ1) is 14.8. The van der Waals surface area contributed by atoms with Crippen LogP contribution in [-0.2, 0) is 4.74 Å². The molecule has 1 aliphatic heterocycles. The Morgan fingerprint density at radius 2 is 2.32 bits per heavy atom. The van der Waals surface area contributed by atoms with E-state index in [-0.39, 0.29) is 12.1 Å². The maximum Gasteiger partial charge on any atom is 0.0834 e. The van der Waals surface area contributed by atoms with Crippen LogP contribution in [0.25, 0.3) is 0 Å². The lowest BCUT2D eigenvalue weighted by Crippen LogP contribution is -2.34. The van der Waals surface area contributed by atoms with E-state index in [0.717, 1.165) is 30.3 Å². The molecule has 0 amide bonds. The molecule has 5 heteroatoms. The van der Waals surface area contributed by atoms with Crippen LogP contribution >= 0.6 is 11.6 Å². The Hall–Kier alpha value is -0.580. The van der Waals surface area contributed by atoms with Gasteiger partial charge in [0.2, 0.25) is 0 Å². The minimum Gasteiger partial charge on any atom is -0.378 e. The molecule has 1 aliphatic rings. The van der Waals surface area contributed by atoms with Crippen molar-refractivity contribution in [3.05, 3.63) is 16.9 Å². The summed E-state index contributed by atoms with van der Waals surface area (Å²) in [5.41, 5.74) is 1.10. The highest BCUT2D eigenvalue weighted by Crippen LogP contribution is 2.37. The average Bonchev–Trinajstić information content (AvgIpc) is 2.93. The lowest BCUT2D eigenvalue weighted by molar-refractivity contribution is 0.0943. The van der Waals surface area contributed by atoms with Crippen LogP contribution in [0.4, 0.5) is 0 Å². The van der Waals surface area contributed by atoms with Crippen molar-refractivity contribution < 1.29 is 4.74 Å². The lowest BCUT2D eigenvalue weighted by Gasteiger charge is -2.28. The summed E-state index contributed by atoms with van der Waals surface area (Å²) in [6, 6.07) is 0.515. The SMILES string of the molecule is CCNC(c1c(Cl)cnn1C(C)C)C1CCOC1C. The van der Waals surface area contributed by atoms with Gasteiger partial charge in [-0.1, -0.05) is 18.5 Å². The van der Waals surface area contributed by atoms with Crippen molar-refractivity contribution in [2.45, 2.75) is 52.3 Å². The topological polar surface area (TPSA) is 39.1 Å². The van der Waals surface area contributed by atoms with Crippen LogP contribution in [-0.4, -0.2) is 29.0 Å². The number of hydrogen-bond donors (Lipinski definition) is 1. The van der Waals surface area contributed by atoms with Crippen LogP contribution in [0.5, 0.6) is 0 Å². The van der Waals surface area contributed by atoms with Gasteiger partial charge in [0.05, 0.1) is 29.1 Å². The van der Waals surface area contributed by atoms with E-state index in [1.54, 1.807) is 6.20 Å². The van der Waals surface area contributed by atoms with Gasteiger partial charge in [-0.2, -0.15) is 5.10 Å². The van der Waals surface area contributed by atoms with Gasteiger partial charge in [-0.25, -0.2) is 0 Å². The van der Waals surface area contributed by atoms with E-state index in [4.69, 9.17) is 16.3 Å². The summed E-state index contributed by atoms with van der Waals surface area (Å²) in [6.07, 6.45) is 3.08. The van der Waals surface area contributed by atoms with E-state index in [1.165, 1.54) is 0 Å². The molecule has 2 heterocycles. The third kappa shape index (κ3) is 2.96. The summed E-state index contributed by atoms with van der Waals surface area (Å²) in [5, 5.41) is 8.74. The fourth-order valence-corrected chi connectivity index (χ4v) is 3.16. The molecule has 108 valence electrons. The maximum absolute atomic E-state index is 6.38. The maximum atomic E-state index is 6.38. The number of nitrogens with one attached hydrogen (secondary N) is 1. The molecule has 1 aromatic heterocycles. The van der Waals surface area contributed by atoms with Crippen molar-refractivity contribution in [1.82, 2.24) is 15.1 Å². The Morgan fingerprint density at radius 3 is 2.84 bits per heavy atom. The minimum absolute atomic E-state index is 0.208. The summed E-state index contributed by atoms with van der Waals surface area (Å²) in [6.45, 7) is 10.3. The molecule has 1 aromatic rings. The Bertz CT molecular complexity index is 419. The quantitative estimate of drug-likeness (QED) is 0.903. The van der Waals surface area contributed by atoms with Gasteiger partial charge in [-0.05, 0) is 33.7 Å². The predicted octanol–water partition coefficient (Wildman–Crippen LogP) is 3.19. The molecule has 1 fully saturated rings. The van der Waals surface area contributed by atoms with Crippen LogP contribution in [0.2, 0.25) is 5.02 Å². The van der Waals surface area contributed by atoms with Crippen molar-refractivity contribution in [3.8, 4) is 0 Å². The summed E-state index contributed by atoms with van der Waals surface area (Å²) in [4.78, 5) is 0. The molecule has 0 spiro atoms. The van der Waals surface area contributed by atoms with E-state index >= 15 is 0 Å². The van der Waals surface area contributed by atoms with E-state index in [1.807, 2.05) is 4.68 Å². The number of ether oxygens (including phenoxy) is 1. The second-order valence-corrected chi connectivity index (χ2v) is 5.89. The van der Waals surface area contributed by atoms with Gasteiger partial charge >= 0.3 is 0 Å². The third-order valence-electron chi connectivity index (χ3n) is 3.86. The highest BCUT2D eigenvalue weighted by molar-refractivity contribution is 6.31. The number of halogens is 1. The van der Waals surface area contributed by atoms with Crippen LogP contribution < -0.4 is 5.32 Å². The monoisotopic (exact) mass is 285 g/mol. The van der Waals surface area contributed by atoms with Gasteiger partial charge < -0.3 is 10.1 Å². The summed E-state index contributed by atoms with van der Waals surface area (Å²) < 4.78 is 7.75. The number of hydrogen-bond acceptors (Lipinski definition) is 3. The van der Waals surface area contributed by atoms with E-state index < -0.39 is 0 Å². The standard InChI is InChI=1S/C14H24ClN3O/c1-5-16-13(11-6-7-19-10(11)4)14-12(15)8-17-18(14)9(2)3/h8-11,13,16H,5-7H2,1-4H3. The molecule has 0 aromatic carbocycles. The Morgan fingerprint density at radius 1 is 1.58 bits per heavy atom. The fourth-order valence-electron chi connectivity index (χ4n) is 2.91. The van der Waals surface area contributed by atoms with Crippen molar-refractivity contribution >= 4 is 11.6 Å². The zero-order chi connectivity index (χ0) is 14.0. The van der Waals surface area contributed by atoms with Crippen LogP contribution in [0.3, 0.4) is 0 Å². The molecule has 2 rings (SSSR count). The van der Waals surface area contributed by atoms with Gasteiger partial charge in [0.1, 0.15) is 0 Å². The molecular formula is C14H24ClN3O. The van der Waals surface area contributed by atoms with Crippen LogP contribution in [0.15, 0.2) is 6.20 Å². The molecule has 4 nitrogen and oxygen atoms in total. The lowest BCUT2D eigenvalue weighted by atomic mass is 9.91. The van der Waals surface area contributed by atoms with Crippen LogP contribution in [0, 0.1) is 5.92 Å². The first-order chi connectivity index (χ1) is 9.06. The van der Waals surface area contributed by atoms with Gasteiger partial charge in [-0.15, -0.1) is 0 Å². The van der Waals surface area contributed by atoms with Gasteiger partial charge in [0.15, 0.2) is 0 Å². The Kier molecular flexibility index (Phi) is 4.87. The van der Waals surface area contributed by atoms with Crippen molar-refractivity contribution in [3.63, 3.8) is 0 Å². The average molecular weight is 286 g/mol. The van der Waals surface area contributed by atoms with Gasteiger partial charge in [0.25, 0.3) is 0 Å². The number of aromatic nitrogens is 2. The fraction of sp³-hybridized carbons (Fsp3) is 0.786. The van der Waals surface area contributed by atoms with Gasteiger partial charge in [-0.3, -0.25) is 4.68 Å². The normalized spacial score (nSPS) is 25.2. The molecule has 19 heavy (non-hydrogen) atoms. The number of nitrogens with zero attached hydrogens (tertiary/aromatic N) is 2. The van der Waals surface area contributed by atoms with E-state index in [9.17, 15) is 0 Å². The second kappa shape index (κ2) is 6.25. The van der Waals surface area contributed by atoms with Crippen molar-refractivity contribution in [2.24, 2.45) is 5.92 Å². The predicted molar refractivity (Wildman–Crippen MR) is 77.6 cm³/mol. The second-order valence-electron chi connectivity index (χ2n) is 5.48. The Labute approximate surface area is 120 Å². The van der Waals surface area contributed by atoms with Crippen molar-refractivity contribution in [1.29, 1.82) is 0 Å². The largest absolute Gasteiger partial charge is 0.378 e. The summed E-state index contributed by atoms with van der Waals surface area (Å²) >= 11 is 6.38. The summed E-state index contributed by atoms with van der Waals surface area (Å²) in [5.74, 6) is 0.451. The molecule has 0 aliphatic carbocycles. The molecule has 3 unspecified atom stereocenters. The third-order valence-corrected chi connectivity index (χ3v) is 4.15. The highest BCUT2D eigenvalue weighted by atomic mass is 35.5. The zero-order valence-corrected chi connectivity index (χ0v) is 12.9. The van der Waals surface area contributed by atoms with Gasteiger partial charge in [0, 0.05) is 18.6 Å². The minimum atomic E-state index is 0.208. The zero-order valence-electron chi connectivity index (χ0n) is 12.2. The molecular weight excluding hydrogens is 262 g/mol. The first-order valence-electron chi connectivity index (χ1n) is 7.14. The summed E-state index contributed by atoms with van der Waals surface area (Å²) in [7, 11) is 0. The number of rotatable bonds is 5. The molecule has 1 N–H and O–H groups in total. The van der Waals surface area contributed by atoms with Crippen molar-refractivity contribution in [2.75, 3.05) is 13.2 Å². The smallest absolute Gasteiger partial charge is 0.0834 e. The molecule has 3 atom stereocenters. The van der Waals surface area contributed by atoms with E-state index in [2.05, 4.69) is 38.1 Å². The molecule has 0 saturated carbocycles. The highest BCUT2D eigenvalue weighted by Gasteiger charge is 2.35. The Balaban J connectivity index is 2.35. The molecule has 1 saturated heterocycles. The van der Waals surface area contributed by atoms with E-state index in [0.29, 0.717) is 12.0 Å². The molecule has 0 radical (unpaired) electrons. The van der Waals surface area contributed by atoms with Crippen LogP contribution in [0.1, 0.15) is 51.9 Å². The molecule has 0 bridgehead atoms.